The van der Waals surface area contributed by atoms with Crippen molar-refractivity contribution < 1.29 is 27.4 Å². The molecule has 1 aromatic heterocycles. The second-order valence-electron chi connectivity index (χ2n) is 14.3. The van der Waals surface area contributed by atoms with Gasteiger partial charge >= 0.3 is 0 Å². The van der Waals surface area contributed by atoms with Gasteiger partial charge in [-0.1, -0.05) is 37.5 Å². The van der Waals surface area contributed by atoms with Gasteiger partial charge in [-0.15, -0.1) is 0 Å². The van der Waals surface area contributed by atoms with Gasteiger partial charge in [-0.25, -0.2) is 13.1 Å². The highest BCUT2D eigenvalue weighted by molar-refractivity contribution is 7.90. The lowest BCUT2D eigenvalue weighted by molar-refractivity contribution is 0.0322. The van der Waals surface area contributed by atoms with E-state index >= 15 is 0 Å². The Labute approximate surface area is 296 Å². The summed E-state index contributed by atoms with van der Waals surface area (Å²) in [4.78, 5) is 15.8. The van der Waals surface area contributed by atoms with Crippen LogP contribution in [-0.2, 0) is 27.7 Å². The summed E-state index contributed by atoms with van der Waals surface area (Å²) in [5, 5.41) is 0.420. The first kappa shape index (κ1) is 34.6. The first-order chi connectivity index (χ1) is 24.2. The van der Waals surface area contributed by atoms with Crippen LogP contribution < -0.4 is 14.2 Å². The van der Waals surface area contributed by atoms with Crippen molar-refractivity contribution in [3.63, 3.8) is 0 Å². The number of benzene rings is 3. The van der Waals surface area contributed by atoms with Crippen molar-refractivity contribution in [3.8, 4) is 22.8 Å². The Hall–Kier alpha value is -3.86. The molecule has 1 saturated carbocycles. The van der Waals surface area contributed by atoms with Gasteiger partial charge in [0.15, 0.2) is 0 Å². The number of nitrogens with zero attached hydrogens (tertiary/aromatic N) is 2. The topological polar surface area (TPSA) is 99.1 Å². The number of carbonyl (C=O) groups is 1. The van der Waals surface area contributed by atoms with Crippen molar-refractivity contribution >= 4 is 26.8 Å². The third-order valence-corrected chi connectivity index (χ3v) is 12.5. The minimum Gasteiger partial charge on any atom is -0.497 e. The summed E-state index contributed by atoms with van der Waals surface area (Å²) < 4.78 is 47.6. The number of aromatic nitrogens is 1. The van der Waals surface area contributed by atoms with Crippen LogP contribution in [0.25, 0.3) is 22.2 Å². The SMILES string of the molecule is COc1ccc2c(c1)CC(c1cccc(OCCN3CCOCC3)c1)Cn1c-2c(C2CCCCC2)c2ccc(C(=O)NS(=O)(=O)C(C)C)cc21. The van der Waals surface area contributed by atoms with Crippen molar-refractivity contribution in [2.24, 2.45) is 0 Å². The van der Waals surface area contributed by atoms with Gasteiger partial charge < -0.3 is 18.8 Å². The van der Waals surface area contributed by atoms with Gasteiger partial charge in [0, 0.05) is 54.1 Å². The molecule has 0 spiro atoms. The molecule has 266 valence electrons. The zero-order valence-corrected chi connectivity index (χ0v) is 30.3. The predicted molar refractivity (Wildman–Crippen MR) is 197 cm³/mol. The molecule has 3 aliphatic rings. The monoisotopic (exact) mass is 699 g/mol. The zero-order valence-electron chi connectivity index (χ0n) is 29.5. The first-order valence-electron chi connectivity index (χ1n) is 18.1. The molecular weight excluding hydrogens is 651 g/mol. The average molecular weight is 700 g/mol. The van der Waals surface area contributed by atoms with Gasteiger partial charge in [-0.2, -0.15) is 0 Å². The van der Waals surface area contributed by atoms with Gasteiger partial charge in [0.1, 0.15) is 18.1 Å². The van der Waals surface area contributed by atoms with Crippen LogP contribution in [0.1, 0.15) is 84.8 Å². The molecule has 3 aromatic carbocycles. The quantitative estimate of drug-likeness (QED) is 0.193. The van der Waals surface area contributed by atoms with E-state index < -0.39 is 21.2 Å². The van der Waals surface area contributed by atoms with Crippen molar-refractivity contribution in [1.29, 1.82) is 0 Å². The molecule has 7 rings (SSSR count). The summed E-state index contributed by atoms with van der Waals surface area (Å²) in [7, 11) is -2.07. The van der Waals surface area contributed by atoms with E-state index in [-0.39, 0.29) is 5.92 Å². The third kappa shape index (κ3) is 7.16. The Bertz CT molecular complexity index is 1960. The van der Waals surface area contributed by atoms with Crippen LogP contribution in [0.15, 0.2) is 60.7 Å². The van der Waals surface area contributed by atoms with Crippen LogP contribution in [0.2, 0.25) is 0 Å². The number of carbonyl (C=O) groups excluding carboxylic acids is 1. The fourth-order valence-electron chi connectivity index (χ4n) is 7.95. The van der Waals surface area contributed by atoms with Gasteiger partial charge in [0.2, 0.25) is 10.0 Å². The van der Waals surface area contributed by atoms with E-state index in [4.69, 9.17) is 14.2 Å². The van der Waals surface area contributed by atoms with Gasteiger partial charge in [-0.05, 0) is 98.2 Å². The average Bonchev–Trinajstić information content (AvgIpc) is 3.34. The number of amides is 1. The van der Waals surface area contributed by atoms with Crippen LogP contribution in [0.4, 0.5) is 0 Å². The van der Waals surface area contributed by atoms with E-state index in [1.54, 1.807) is 27.0 Å². The number of fused-ring (bicyclic) bond motifs is 5. The fourth-order valence-corrected chi connectivity index (χ4v) is 8.57. The molecule has 1 saturated heterocycles. The highest BCUT2D eigenvalue weighted by Gasteiger charge is 2.32. The Morgan fingerprint density at radius 2 is 1.76 bits per heavy atom. The lowest BCUT2D eigenvalue weighted by atomic mass is 9.81. The summed E-state index contributed by atoms with van der Waals surface area (Å²) in [5.41, 5.74) is 7.45. The Kier molecular flexibility index (Phi) is 10.2. The molecule has 1 aliphatic carbocycles. The second-order valence-corrected chi connectivity index (χ2v) is 16.5. The summed E-state index contributed by atoms with van der Waals surface area (Å²) in [6, 6.07) is 20.6. The van der Waals surface area contributed by atoms with E-state index in [9.17, 15) is 13.2 Å². The molecule has 1 N–H and O–H groups in total. The van der Waals surface area contributed by atoms with Crippen molar-refractivity contribution in [2.75, 3.05) is 46.6 Å². The van der Waals surface area contributed by atoms with E-state index in [2.05, 4.69) is 44.5 Å². The molecule has 9 nitrogen and oxygen atoms in total. The summed E-state index contributed by atoms with van der Waals surface area (Å²) in [5.74, 6) is 1.60. The standard InChI is InChI=1S/C40H49N3O6S/c1-27(2)50(45,46)41-40(44)30-12-14-36-37(25-30)43-26-32(29-10-7-11-34(23-29)49-21-18-42-16-19-48-20-17-42)22-31-24-33(47-3)13-15-35(31)39(43)38(36)28-8-5-4-6-9-28/h7,10-15,23-25,27-28,32H,4-6,8-9,16-22,26H2,1-3H3,(H,41,44). The number of methoxy groups -OCH3 is 1. The lowest BCUT2D eigenvalue weighted by Crippen LogP contribution is -2.38. The normalized spacial score (nSPS) is 18.8. The van der Waals surface area contributed by atoms with Gasteiger partial charge in [-0.3, -0.25) is 9.69 Å². The maximum Gasteiger partial charge on any atom is 0.264 e. The van der Waals surface area contributed by atoms with Gasteiger partial charge in [0.25, 0.3) is 5.91 Å². The minimum absolute atomic E-state index is 0.110. The summed E-state index contributed by atoms with van der Waals surface area (Å²) >= 11 is 0. The molecule has 1 amide bonds. The molecule has 4 aromatic rings. The highest BCUT2D eigenvalue weighted by Crippen LogP contribution is 2.48. The minimum atomic E-state index is -3.78. The van der Waals surface area contributed by atoms with Crippen LogP contribution in [0, 0.1) is 0 Å². The lowest BCUT2D eigenvalue weighted by Gasteiger charge is -2.26. The molecule has 2 fully saturated rings. The fraction of sp³-hybridized carbons (Fsp3) is 0.475. The number of hydrogen-bond acceptors (Lipinski definition) is 7. The van der Waals surface area contributed by atoms with Crippen LogP contribution >= 0.6 is 0 Å². The first-order valence-corrected chi connectivity index (χ1v) is 19.7. The predicted octanol–water partition coefficient (Wildman–Crippen LogP) is 6.88. The molecule has 2 aliphatic heterocycles. The maximum absolute atomic E-state index is 13.4. The van der Waals surface area contributed by atoms with E-state index in [1.807, 2.05) is 24.3 Å². The summed E-state index contributed by atoms with van der Waals surface area (Å²) in [6.45, 7) is 8.71. The molecule has 0 bridgehead atoms. The zero-order chi connectivity index (χ0) is 34.8. The van der Waals surface area contributed by atoms with Gasteiger partial charge in [0.05, 0.1) is 31.3 Å². The molecule has 50 heavy (non-hydrogen) atoms. The van der Waals surface area contributed by atoms with Crippen LogP contribution in [0.5, 0.6) is 11.5 Å². The molecule has 0 radical (unpaired) electrons. The number of morpholine rings is 1. The molecule has 10 heteroatoms. The van der Waals surface area contributed by atoms with Crippen LogP contribution in [-0.4, -0.2) is 75.6 Å². The largest absolute Gasteiger partial charge is 0.497 e. The number of ether oxygens (including phenoxy) is 3. The molecule has 3 heterocycles. The maximum atomic E-state index is 13.4. The Morgan fingerprint density at radius 1 is 0.960 bits per heavy atom. The number of rotatable bonds is 10. The van der Waals surface area contributed by atoms with Crippen molar-refractivity contribution in [3.05, 3.63) is 82.9 Å². The number of hydrogen-bond donors (Lipinski definition) is 1. The Balaban J connectivity index is 1.32. The molecular formula is C40H49N3O6S. The van der Waals surface area contributed by atoms with E-state index in [0.29, 0.717) is 24.6 Å². The number of nitrogens with one attached hydrogen (secondary N) is 1. The molecule has 1 atom stereocenters. The number of sulfonamides is 1. The smallest absolute Gasteiger partial charge is 0.264 e. The van der Waals surface area contributed by atoms with Crippen molar-refractivity contribution in [2.45, 2.75) is 76.0 Å². The summed E-state index contributed by atoms with van der Waals surface area (Å²) in [6.07, 6.45) is 6.70. The third-order valence-electron chi connectivity index (χ3n) is 10.8. The molecule has 1 unspecified atom stereocenters. The highest BCUT2D eigenvalue weighted by atomic mass is 32.2. The second kappa shape index (κ2) is 14.8. The van der Waals surface area contributed by atoms with E-state index in [0.717, 1.165) is 74.5 Å². The Morgan fingerprint density at radius 3 is 2.52 bits per heavy atom. The van der Waals surface area contributed by atoms with Crippen LogP contribution in [0.3, 0.4) is 0 Å². The van der Waals surface area contributed by atoms with E-state index in [1.165, 1.54) is 47.2 Å². The van der Waals surface area contributed by atoms with Crippen molar-refractivity contribution in [1.82, 2.24) is 14.2 Å².